The van der Waals surface area contributed by atoms with E-state index in [1.165, 1.54) is 89.9 Å². The van der Waals surface area contributed by atoms with Gasteiger partial charge < -0.3 is 4.90 Å². The molecule has 11 rings (SSSR count). The number of thiophene rings is 2. The van der Waals surface area contributed by atoms with Crippen LogP contribution < -0.4 is 15.3 Å². The number of fused-ring (bicyclic) bond motifs is 11. The Morgan fingerprint density at radius 1 is 0.423 bits per heavy atom. The summed E-state index contributed by atoms with van der Waals surface area (Å²) in [5.74, 6) is 0. The predicted molar refractivity (Wildman–Crippen MR) is 232 cm³/mol. The fraction of sp³-hybridized carbons (Fsp3) is 0.0417. The van der Waals surface area contributed by atoms with E-state index in [2.05, 4.69) is 182 Å². The van der Waals surface area contributed by atoms with E-state index in [1.54, 1.807) is 5.19 Å². The van der Waals surface area contributed by atoms with E-state index in [9.17, 15) is 0 Å². The predicted octanol–water partition coefficient (Wildman–Crippen LogP) is 13.5. The molecule has 52 heavy (non-hydrogen) atoms. The smallest absolute Gasteiger partial charge is 0.113 e. The van der Waals surface area contributed by atoms with E-state index in [4.69, 9.17) is 0 Å². The van der Waals surface area contributed by atoms with Gasteiger partial charge in [0.15, 0.2) is 0 Å². The summed E-state index contributed by atoms with van der Waals surface area (Å²) >= 11 is 3.79. The molecule has 4 heteroatoms. The normalized spacial score (nSPS) is 13.3. The van der Waals surface area contributed by atoms with Crippen LogP contribution in [0.15, 0.2) is 164 Å². The molecular formula is C48H33NS2Si. The summed E-state index contributed by atoms with van der Waals surface area (Å²) in [6.45, 7) is 5.08. The zero-order valence-corrected chi connectivity index (χ0v) is 31.5. The summed E-state index contributed by atoms with van der Waals surface area (Å²) in [5.41, 5.74) is 8.85. The maximum absolute atomic E-state index is 2.54. The van der Waals surface area contributed by atoms with Gasteiger partial charge >= 0.3 is 0 Å². The van der Waals surface area contributed by atoms with E-state index in [-0.39, 0.29) is 0 Å². The largest absolute Gasteiger partial charge is 0.310 e. The van der Waals surface area contributed by atoms with E-state index in [0.29, 0.717) is 0 Å². The Kier molecular flexibility index (Phi) is 6.51. The zero-order chi connectivity index (χ0) is 34.6. The number of benzene rings is 8. The highest BCUT2D eigenvalue weighted by molar-refractivity contribution is 7.26. The average molecular weight is 716 g/mol. The van der Waals surface area contributed by atoms with E-state index < -0.39 is 8.07 Å². The first kappa shape index (κ1) is 30.1. The molecule has 0 aliphatic carbocycles. The number of hydrogen-bond donors (Lipinski definition) is 0. The second-order valence-electron chi connectivity index (χ2n) is 14.5. The lowest BCUT2D eigenvalue weighted by molar-refractivity contribution is 1.29. The van der Waals surface area contributed by atoms with Crippen molar-refractivity contribution in [3.63, 3.8) is 0 Å². The summed E-state index contributed by atoms with van der Waals surface area (Å²) < 4.78 is 5.39. The molecule has 0 radical (unpaired) electrons. The van der Waals surface area contributed by atoms with Crippen LogP contribution in [0.1, 0.15) is 0 Å². The molecule has 8 aromatic carbocycles. The summed E-state index contributed by atoms with van der Waals surface area (Å²) in [7, 11) is -2.02. The zero-order valence-electron chi connectivity index (χ0n) is 28.9. The third-order valence-electron chi connectivity index (χ3n) is 11.2. The third-order valence-corrected chi connectivity index (χ3v) is 17.0. The molecule has 10 aromatic rings. The second kappa shape index (κ2) is 11.2. The molecule has 0 saturated carbocycles. The van der Waals surface area contributed by atoms with Gasteiger partial charge in [0.25, 0.3) is 0 Å². The third kappa shape index (κ3) is 4.45. The van der Waals surface area contributed by atoms with Gasteiger partial charge in [0, 0.05) is 57.4 Å². The van der Waals surface area contributed by atoms with Gasteiger partial charge in [-0.25, -0.2) is 0 Å². The molecule has 0 spiro atoms. The summed E-state index contributed by atoms with van der Waals surface area (Å²) in [5, 5.41) is 11.0. The monoisotopic (exact) mass is 715 g/mol. The highest BCUT2D eigenvalue weighted by Gasteiger charge is 2.39. The topological polar surface area (TPSA) is 3.24 Å². The van der Waals surface area contributed by atoms with Crippen LogP contribution in [0.5, 0.6) is 0 Å². The van der Waals surface area contributed by atoms with Gasteiger partial charge in [0.1, 0.15) is 8.07 Å². The second-order valence-corrected chi connectivity index (χ2v) is 21.0. The number of hydrogen-bond acceptors (Lipinski definition) is 3. The van der Waals surface area contributed by atoms with Crippen molar-refractivity contribution in [2.45, 2.75) is 13.1 Å². The minimum Gasteiger partial charge on any atom is -0.310 e. The van der Waals surface area contributed by atoms with Crippen LogP contribution in [-0.2, 0) is 0 Å². The molecule has 0 saturated heterocycles. The van der Waals surface area contributed by atoms with Gasteiger partial charge in [0.2, 0.25) is 0 Å². The van der Waals surface area contributed by atoms with E-state index in [0.717, 1.165) is 5.69 Å². The van der Waals surface area contributed by atoms with Crippen LogP contribution in [0.2, 0.25) is 13.1 Å². The van der Waals surface area contributed by atoms with Crippen molar-refractivity contribution in [1.82, 2.24) is 0 Å². The molecule has 0 atom stereocenters. The fourth-order valence-corrected chi connectivity index (χ4v) is 13.9. The molecule has 1 aliphatic heterocycles. The first-order chi connectivity index (χ1) is 25.5. The van der Waals surface area contributed by atoms with Crippen molar-refractivity contribution in [2.75, 3.05) is 4.90 Å². The maximum Gasteiger partial charge on any atom is 0.113 e. The van der Waals surface area contributed by atoms with Crippen molar-refractivity contribution >= 4 is 109 Å². The van der Waals surface area contributed by atoms with Gasteiger partial charge in [-0.2, -0.15) is 0 Å². The van der Waals surface area contributed by atoms with Crippen LogP contribution in [0.25, 0.3) is 73.4 Å². The molecular weight excluding hydrogens is 683 g/mol. The first-order valence-corrected chi connectivity index (χ1v) is 22.5. The Morgan fingerprint density at radius 2 is 1.08 bits per heavy atom. The average Bonchev–Trinajstić information content (AvgIpc) is 3.82. The van der Waals surface area contributed by atoms with E-state index in [1.807, 2.05) is 22.7 Å². The van der Waals surface area contributed by atoms with Crippen molar-refractivity contribution in [3.8, 4) is 22.3 Å². The van der Waals surface area contributed by atoms with Gasteiger partial charge in [0.05, 0.1) is 0 Å². The Balaban J connectivity index is 1.12. The van der Waals surface area contributed by atoms with Crippen LogP contribution >= 0.6 is 22.7 Å². The molecule has 0 bridgehead atoms. The van der Waals surface area contributed by atoms with Crippen LogP contribution in [0.4, 0.5) is 17.1 Å². The lowest BCUT2D eigenvalue weighted by Gasteiger charge is -2.28. The van der Waals surface area contributed by atoms with Crippen LogP contribution in [-0.4, -0.2) is 8.07 Å². The minimum atomic E-state index is -2.02. The fourth-order valence-electron chi connectivity index (χ4n) is 8.66. The Labute approximate surface area is 311 Å². The Bertz CT molecular complexity index is 3080. The SMILES string of the molecule is C[Si]1(C)c2cc(N(c3cccc(-c4ccc5ccccc5c4)c3)c3ccc4sc5ccccc5c4c3)ccc2-c2c1ccc1sc3ccccc3c21. The van der Waals surface area contributed by atoms with Gasteiger partial charge in [-0.3, -0.25) is 0 Å². The van der Waals surface area contributed by atoms with Gasteiger partial charge in [-0.1, -0.05) is 110 Å². The molecule has 246 valence electrons. The van der Waals surface area contributed by atoms with Crippen molar-refractivity contribution in [1.29, 1.82) is 0 Å². The summed E-state index contributed by atoms with van der Waals surface area (Å²) in [4.78, 5) is 2.49. The minimum absolute atomic E-state index is 1.16. The highest BCUT2D eigenvalue weighted by Crippen LogP contribution is 2.45. The van der Waals surface area contributed by atoms with Crippen molar-refractivity contribution < 1.29 is 0 Å². The quantitative estimate of drug-likeness (QED) is 0.164. The lowest BCUT2D eigenvalue weighted by Crippen LogP contribution is -2.49. The molecule has 0 amide bonds. The highest BCUT2D eigenvalue weighted by atomic mass is 32.1. The molecule has 3 heterocycles. The number of anilines is 3. The number of rotatable bonds is 4. The Hall–Kier alpha value is -5.52. The molecule has 2 aromatic heterocycles. The molecule has 1 nitrogen and oxygen atoms in total. The molecule has 1 aliphatic rings. The molecule has 0 fully saturated rings. The first-order valence-electron chi connectivity index (χ1n) is 17.9. The lowest BCUT2D eigenvalue weighted by atomic mass is 9.98. The van der Waals surface area contributed by atoms with Crippen molar-refractivity contribution in [3.05, 3.63) is 164 Å². The van der Waals surface area contributed by atoms with Gasteiger partial charge in [-0.05, 0) is 110 Å². The molecule has 0 unspecified atom stereocenters. The Morgan fingerprint density at radius 3 is 1.96 bits per heavy atom. The summed E-state index contributed by atoms with van der Waals surface area (Å²) in [6, 6.07) is 61.4. The van der Waals surface area contributed by atoms with Crippen molar-refractivity contribution in [2.24, 2.45) is 0 Å². The van der Waals surface area contributed by atoms with Gasteiger partial charge in [-0.15, -0.1) is 22.7 Å². The van der Waals surface area contributed by atoms with Crippen LogP contribution in [0, 0.1) is 0 Å². The summed E-state index contributed by atoms with van der Waals surface area (Å²) in [6.07, 6.45) is 0. The standard InChI is InChI=1S/C48H33NS2Si/c1-52(2)45-25-24-44-47(38-15-6-8-17-42(38)51-44)48(45)39-22-20-36(29-46(39)52)49(35-21-23-43-40(28-35)37-14-5-7-16-41(37)50-43)34-13-9-12-32(27-34)33-19-18-30-10-3-4-11-31(30)26-33/h3-29H,1-2H3. The maximum atomic E-state index is 2.54. The molecule has 0 N–H and O–H groups in total. The number of nitrogens with zero attached hydrogens (tertiary/aromatic N) is 1. The van der Waals surface area contributed by atoms with Crippen LogP contribution in [0.3, 0.4) is 0 Å². The van der Waals surface area contributed by atoms with E-state index >= 15 is 0 Å².